The van der Waals surface area contributed by atoms with Gasteiger partial charge in [-0.25, -0.2) is 4.79 Å². The van der Waals surface area contributed by atoms with Crippen molar-refractivity contribution in [2.45, 2.75) is 83.7 Å². The van der Waals surface area contributed by atoms with E-state index in [1.807, 2.05) is 6.92 Å². The van der Waals surface area contributed by atoms with E-state index in [0.29, 0.717) is 30.6 Å². The number of hydrogen-bond donors (Lipinski definition) is 2. The molecule has 0 aromatic carbocycles. The molecule has 3 aliphatic carbocycles. The zero-order chi connectivity index (χ0) is 26.3. The van der Waals surface area contributed by atoms with Crippen LogP contribution in [0.25, 0.3) is 11.3 Å². The van der Waals surface area contributed by atoms with Crippen LogP contribution in [0.5, 0.6) is 5.75 Å². The highest BCUT2D eigenvalue weighted by Crippen LogP contribution is 2.67. The second kappa shape index (κ2) is 8.14. The number of carbonyl (C=O) groups is 1. The fourth-order valence-electron chi connectivity index (χ4n) is 7.79. The van der Waals surface area contributed by atoms with Crippen molar-refractivity contribution in [3.63, 3.8) is 0 Å². The summed E-state index contributed by atoms with van der Waals surface area (Å²) in [6.45, 7) is 8.14. The van der Waals surface area contributed by atoms with E-state index in [2.05, 4.69) is 25.8 Å². The smallest absolute Gasteiger partial charge is 0.345 e. The van der Waals surface area contributed by atoms with Crippen LogP contribution in [0, 0.1) is 28.6 Å². The summed E-state index contributed by atoms with van der Waals surface area (Å²) in [5.41, 5.74) is -1.99. The first kappa shape index (κ1) is 24.6. The molecule has 4 aliphatic rings. The molecule has 6 rings (SSSR count). The van der Waals surface area contributed by atoms with Crippen LogP contribution in [0.2, 0.25) is 0 Å². The number of pyridine rings is 1. The van der Waals surface area contributed by atoms with Gasteiger partial charge in [0, 0.05) is 35.4 Å². The van der Waals surface area contributed by atoms with Gasteiger partial charge in [-0.05, 0) is 62.5 Å². The Hall–Kier alpha value is -2.71. The van der Waals surface area contributed by atoms with Gasteiger partial charge >= 0.3 is 11.6 Å². The van der Waals surface area contributed by atoms with Crippen LogP contribution >= 0.6 is 0 Å². The summed E-state index contributed by atoms with van der Waals surface area (Å²) < 4.78 is 18.1. The van der Waals surface area contributed by atoms with Crippen LogP contribution in [-0.2, 0) is 9.53 Å². The van der Waals surface area contributed by atoms with E-state index < -0.39 is 40.2 Å². The topological polar surface area (TPSA) is 119 Å². The Labute approximate surface area is 216 Å². The molecule has 2 aromatic heterocycles. The maximum absolute atomic E-state index is 13.2. The van der Waals surface area contributed by atoms with Crippen molar-refractivity contribution < 1.29 is 28.9 Å². The monoisotopic (exact) mass is 509 g/mol. The van der Waals surface area contributed by atoms with Gasteiger partial charge < -0.3 is 24.1 Å². The zero-order valence-electron chi connectivity index (χ0n) is 21.8. The van der Waals surface area contributed by atoms with Crippen LogP contribution < -0.4 is 10.4 Å². The van der Waals surface area contributed by atoms with Gasteiger partial charge in [-0.2, -0.15) is 0 Å². The normalized spacial score (nSPS) is 37.9. The molecule has 2 N–H and O–H groups in total. The molecular formula is C29H35NO7. The lowest BCUT2D eigenvalue weighted by atomic mass is 9.43. The molecule has 8 heteroatoms. The van der Waals surface area contributed by atoms with Crippen molar-refractivity contribution >= 4 is 5.97 Å². The third-order valence-corrected chi connectivity index (χ3v) is 9.92. The van der Waals surface area contributed by atoms with Crippen LogP contribution in [0.4, 0.5) is 0 Å². The van der Waals surface area contributed by atoms with Gasteiger partial charge in [0.15, 0.2) is 0 Å². The largest absolute Gasteiger partial charge is 0.484 e. The first-order valence-corrected chi connectivity index (χ1v) is 13.3. The maximum Gasteiger partial charge on any atom is 0.345 e. The van der Waals surface area contributed by atoms with Gasteiger partial charge in [-0.3, -0.25) is 9.78 Å². The molecule has 1 aliphatic heterocycles. The summed E-state index contributed by atoms with van der Waals surface area (Å²) in [7, 11) is 0. The molecule has 3 fully saturated rings. The van der Waals surface area contributed by atoms with E-state index in [-0.39, 0.29) is 35.2 Å². The lowest BCUT2D eigenvalue weighted by Crippen LogP contribution is -2.70. The Bertz CT molecular complexity index is 1280. The maximum atomic E-state index is 13.2. The SMILES string of the molecule is CC1(C)C2C[C@H](O)[C@@]3(C)Oc4cc(-c5cccnc5)oc(=O)c4[C@H](O)C3[C@@]2(C)CC[C@@H]1OC(=O)C1CC1. The number of fused-ring (bicyclic) bond motifs is 4. The van der Waals surface area contributed by atoms with Gasteiger partial charge in [0.1, 0.15) is 28.8 Å². The number of hydrogen-bond acceptors (Lipinski definition) is 8. The fourth-order valence-corrected chi connectivity index (χ4v) is 7.79. The second-order valence-electron chi connectivity index (χ2n) is 12.5. The number of esters is 1. The van der Waals surface area contributed by atoms with E-state index in [9.17, 15) is 19.8 Å². The Morgan fingerprint density at radius 3 is 2.59 bits per heavy atom. The van der Waals surface area contributed by atoms with Crippen LogP contribution in [0.3, 0.4) is 0 Å². The third kappa shape index (κ3) is 3.59. The van der Waals surface area contributed by atoms with Crippen LogP contribution in [0.1, 0.15) is 71.5 Å². The van der Waals surface area contributed by atoms with Crippen molar-refractivity contribution in [3.8, 4) is 17.1 Å². The average Bonchev–Trinajstić information content (AvgIpc) is 3.69. The quantitative estimate of drug-likeness (QED) is 0.596. The number of rotatable bonds is 3. The van der Waals surface area contributed by atoms with Gasteiger partial charge in [0.2, 0.25) is 0 Å². The Balaban J connectivity index is 1.39. The highest BCUT2D eigenvalue weighted by molar-refractivity contribution is 5.75. The number of aliphatic hydroxyl groups is 2. The van der Waals surface area contributed by atoms with Crippen molar-refractivity contribution in [1.82, 2.24) is 4.98 Å². The molecule has 8 nitrogen and oxygen atoms in total. The molecule has 37 heavy (non-hydrogen) atoms. The first-order valence-electron chi connectivity index (χ1n) is 13.3. The minimum absolute atomic E-state index is 0.0187. The molecule has 2 aromatic rings. The number of ether oxygens (including phenoxy) is 2. The molecule has 3 saturated carbocycles. The van der Waals surface area contributed by atoms with E-state index in [0.717, 1.165) is 12.8 Å². The molecule has 0 bridgehead atoms. The van der Waals surface area contributed by atoms with Crippen molar-refractivity contribution in [3.05, 3.63) is 46.6 Å². The molecule has 0 spiro atoms. The molecule has 7 atom stereocenters. The number of aromatic nitrogens is 1. The van der Waals surface area contributed by atoms with E-state index in [1.54, 1.807) is 30.6 Å². The summed E-state index contributed by atoms with van der Waals surface area (Å²) >= 11 is 0. The molecule has 3 heterocycles. The number of nitrogens with zero attached hydrogens (tertiary/aromatic N) is 1. The standard InChI is InChI=1S/C29H35NO7/c1-27(2)19-13-20(31)29(4)24(28(19,3)10-9-21(27)36-25(33)15-7-8-15)23(32)22-18(37-29)12-17(35-26(22)34)16-6-5-11-30-14-16/h5-6,11-12,14-15,19-21,23-24,31-32H,7-10,13H2,1-4H3/t19?,20-,21-,23-,24?,28-,29+/m0/s1. The van der Waals surface area contributed by atoms with Crippen molar-refractivity contribution in [2.75, 3.05) is 0 Å². The predicted molar refractivity (Wildman–Crippen MR) is 134 cm³/mol. The Morgan fingerprint density at radius 1 is 1.16 bits per heavy atom. The minimum atomic E-state index is -1.18. The predicted octanol–water partition coefficient (Wildman–Crippen LogP) is 4.03. The van der Waals surface area contributed by atoms with E-state index in [1.165, 1.54) is 0 Å². The highest BCUT2D eigenvalue weighted by Gasteiger charge is 2.68. The first-order chi connectivity index (χ1) is 17.5. The van der Waals surface area contributed by atoms with E-state index in [4.69, 9.17) is 13.9 Å². The zero-order valence-corrected chi connectivity index (χ0v) is 21.8. The van der Waals surface area contributed by atoms with Gasteiger partial charge in [-0.15, -0.1) is 0 Å². The summed E-state index contributed by atoms with van der Waals surface area (Å²) in [5, 5.41) is 23.4. The summed E-state index contributed by atoms with van der Waals surface area (Å²) in [5.74, 6) is -0.216. The molecule has 198 valence electrons. The van der Waals surface area contributed by atoms with Crippen molar-refractivity contribution in [2.24, 2.45) is 28.6 Å². The number of carbonyl (C=O) groups excluding carboxylic acids is 1. The summed E-state index contributed by atoms with van der Waals surface area (Å²) in [4.78, 5) is 29.8. The van der Waals surface area contributed by atoms with Gasteiger partial charge in [0.25, 0.3) is 0 Å². The van der Waals surface area contributed by atoms with Crippen molar-refractivity contribution in [1.29, 1.82) is 0 Å². The molecule has 2 unspecified atom stereocenters. The molecule has 0 radical (unpaired) electrons. The summed E-state index contributed by atoms with van der Waals surface area (Å²) in [6, 6.07) is 5.13. The minimum Gasteiger partial charge on any atom is -0.484 e. The summed E-state index contributed by atoms with van der Waals surface area (Å²) in [6.07, 6.45) is 4.41. The van der Waals surface area contributed by atoms with Gasteiger partial charge in [-0.1, -0.05) is 20.8 Å². The third-order valence-electron chi connectivity index (χ3n) is 9.92. The fraction of sp³-hybridized carbons (Fsp3) is 0.621. The number of aliphatic hydroxyl groups excluding tert-OH is 2. The lowest BCUT2D eigenvalue weighted by Gasteiger charge is -2.66. The lowest BCUT2D eigenvalue weighted by molar-refractivity contribution is -0.259. The van der Waals surface area contributed by atoms with E-state index >= 15 is 0 Å². The average molecular weight is 510 g/mol. The van der Waals surface area contributed by atoms with Crippen LogP contribution in [-0.4, -0.2) is 39.0 Å². The van der Waals surface area contributed by atoms with Gasteiger partial charge in [0.05, 0.1) is 18.1 Å². The van der Waals surface area contributed by atoms with Crippen LogP contribution in [0.15, 0.2) is 39.8 Å². The Morgan fingerprint density at radius 2 is 1.92 bits per heavy atom. The molecule has 0 saturated heterocycles. The molecule has 0 amide bonds. The molecular weight excluding hydrogens is 474 g/mol. The Kier molecular flexibility index (Phi) is 5.42. The second-order valence-corrected chi connectivity index (χ2v) is 12.5. The highest BCUT2D eigenvalue weighted by atomic mass is 16.5.